The average molecular weight is 220 g/mol. The van der Waals surface area contributed by atoms with E-state index >= 15 is 0 Å². The second kappa shape index (κ2) is 7.09. The van der Waals surface area contributed by atoms with Crippen LogP contribution >= 0.6 is 0 Å². The predicted octanol–water partition coefficient (Wildman–Crippen LogP) is 4.33. The molecule has 0 heterocycles. The summed E-state index contributed by atoms with van der Waals surface area (Å²) in [6.45, 7) is 3.74. The third-order valence-corrected chi connectivity index (χ3v) is 2.44. The van der Waals surface area contributed by atoms with Crippen LogP contribution in [0, 0.1) is 12.8 Å². The van der Waals surface area contributed by atoms with Gasteiger partial charge < -0.3 is 0 Å². The van der Waals surface area contributed by atoms with Crippen molar-refractivity contribution in [3.63, 3.8) is 0 Å². The van der Waals surface area contributed by atoms with E-state index in [0.717, 1.165) is 6.42 Å². The van der Waals surface area contributed by atoms with Crippen LogP contribution in [-0.4, -0.2) is 0 Å². The molecular formula is C17H16. The summed E-state index contributed by atoms with van der Waals surface area (Å²) in [4.78, 5) is 0. The first-order valence-corrected chi connectivity index (χ1v) is 5.49. The summed E-state index contributed by atoms with van der Waals surface area (Å²) < 4.78 is 0. The molecule has 0 bridgehead atoms. The van der Waals surface area contributed by atoms with E-state index in [1.54, 1.807) is 0 Å². The molecule has 0 fully saturated rings. The third-order valence-electron chi connectivity index (χ3n) is 2.44. The minimum absolute atomic E-state index is 0.940. The van der Waals surface area contributed by atoms with Gasteiger partial charge in [0.05, 0.1) is 0 Å². The Morgan fingerprint density at radius 2 is 1.35 bits per heavy atom. The van der Waals surface area contributed by atoms with Crippen molar-refractivity contribution in [2.75, 3.05) is 0 Å². The maximum Gasteiger partial charge on any atom is -0.0100 e. The second-order valence-corrected chi connectivity index (χ2v) is 3.56. The van der Waals surface area contributed by atoms with Crippen molar-refractivity contribution in [3.8, 4) is 24.0 Å². The van der Waals surface area contributed by atoms with Gasteiger partial charge in [-0.25, -0.2) is 0 Å². The van der Waals surface area contributed by atoms with Crippen LogP contribution in [0.3, 0.4) is 0 Å². The van der Waals surface area contributed by atoms with Gasteiger partial charge in [-0.3, -0.25) is 0 Å². The maximum atomic E-state index is 4.00. The number of rotatable bonds is 3. The van der Waals surface area contributed by atoms with E-state index in [0.29, 0.717) is 0 Å². The molecule has 0 spiro atoms. The van der Waals surface area contributed by atoms with E-state index in [1.807, 2.05) is 12.1 Å². The highest BCUT2D eigenvalue weighted by molar-refractivity contribution is 5.63. The Bertz CT molecular complexity index is 460. The first-order chi connectivity index (χ1) is 8.40. The van der Waals surface area contributed by atoms with E-state index in [2.05, 4.69) is 68.0 Å². The number of terminal acetylenes is 1. The highest BCUT2D eigenvalue weighted by Crippen LogP contribution is 2.19. The number of hydrogen-bond donors (Lipinski definition) is 0. The van der Waals surface area contributed by atoms with Gasteiger partial charge in [0.15, 0.2) is 0 Å². The molecule has 0 heteroatoms. The van der Waals surface area contributed by atoms with Gasteiger partial charge in [-0.05, 0) is 23.1 Å². The molecule has 0 aliphatic carbocycles. The molecule has 0 saturated heterocycles. The zero-order chi connectivity index (χ0) is 12.5. The van der Waals surface area contributed by atoms with Crippen molar-refractivity contribution in [2.24, 2.45) is 0 Å². The Hall–Kier alpha value is -2.26. The van der Waals surface area contributed by atoms with Gasteiger partial charge in [0.25, 0.3) is 0 Å². The molecule has 0 amide bonds. The normalized spacial score (nSPS) is 8.82. The largest absolute Gasteiger partial charge is 0.124 e. The van der Waals surface area contributed by atoms with Crippen molar-refractivity contribution in [3.05, 3.63) is 72.8 Å². The van der Waals surface area contributed by atoms with Crippen molar-refractivity contribution < 1.29 is 0 Å². The molecule has 2 aromatic rings. The zero-order valence-corrected chi connectivity index (χ0v) is 9.84. The molecule has 84 valence electrons. The van der Waals surface area contributed by atoms with Gasteiger partial charge >= 0.3 is 0 Å². The van der Waals surface area contributed by atoms with Gasteiger partial charge in [0, 0.05) is 0 Å². The molecule has 2 rings (SSSR count). The number of allylic oxidation sites excluding steroid dienone is 1. The summed E-state index contributed by atoms with van der Waals surface area (Å²) >= 11 is 0. The lowest BCUT2D eigenvalue weighted by Gasteiger charge is -2.02. The summed E-state index contributed by atoms with van der Waals surface area (Å²) in [6.07, 6.45) is 10.9. The average Bonchev–Trinajstić information content (AvgIpc) is 2.43. The molecule has 0 aromatic heterocycles. The highest BCUT2D eigenvalue weighted by atomic mass is 14.0. The summed E-state index contributed by atoms with van der Waals surface area (Å²) in [5.74, 6) is 0. The lowest BCUT2D eigenvalue weighted by atomic mass is 10.0. The zero-order valence-electron chi connectivity index (χ0n) is 9.84. The van der Waals surface area contributed by atoms with Gasteiger partial charge in [0.1, 0.15) is 0 Å². The fraction of sp³-hybridized carbons (Fsp3) is 0.0588. The highest BCUT2D eigenvalue weighted by Gasteiger charge is 1.95. The molecule has 0 atom stereocenters. The monoisotopic (exact) mass is 220 g/mol. The molecule has 2 aromatic carbocycles. The third kappa shape index (κ3) is 3.66. The molecular weight excluding hydrogens is 204 g/mol. The van der Waals surface area contributed by atoms with Crippen molar-refractivity contribution in [1.29, 1.82) is 0 Å². The fourth-order valence-electron chi connectivity index (χ4n) is 1.63. The number of hydrogen-bond acceptors (Lipinski definition) is 0. The van der Waals surface area contributed by atoms with Crippen molar-refractivity contribution >= 4 is 0 Å². The maximum absolute atomic E-state index is 4.00. The predicted molar refractivity (Wildman–Crippen MR) is 75.7 cm³/mol. The van der Waals surface area contributed by atoms with Crippen LogP contribution in [0.25, 0.3) is 11.1 Å². The Morgan fingerprint density at radius 1 is 0.824 bits per heavy atom. The van der Waals surface area contributed by atoms with E-state index in [4.69, 9.17) is 0 Å². The lowest BCUT2D eigenvalue weighted by Crippen LogP contribution is -1.81. The van der Waals surface area contributed by atoms with Crippen LogP contribution in [0.2, 0.25) is 0 Å². The van der Waals surface area contributed by atoms with E-state index < -0.39 is 0 Å². The first-order valence-electron chi connectivity index (χ1n) is 5.49. The summed E-state index contributed by atoms with van der Waals surface area (Å²) in [7, 11) is 0. The molecule has 0 radical (unpaired) electrons. The SMILES string of the molecule is C#C.C=CCc1ccc(-c2ccccc2)cc1. The van der Waals surface area contributed by atoms with Gasteiger partial charge in [-0.1, -0.05) is 60.7 Å². The van der Waals surface area contributed by atoms with Crippen molar-refractivity contribution in [1.82, 2.24) is 0 Å². The van der Waals surface area contributed by atoms with Crippen LogP contribution < -0.4 is 0 Å². The van der Waals surface area contributed by atoms with Crippen LogP contribution in [0.5, 0.6) is 0 Å². The quantitative estimate of drug-likeness (QED) is 0.533. The lowest BCUT2D eigenvalue weighted by molar-refractivity contribution is 1.28. The Balaban J connectivity index is 0.000000686. The summed E-state index contributed by atoms with van der Waals surface area (Å²) in [6, 6.07) is 19.1. The minimum Gasteiger partial charge on any atom is -0.124 e. The number of benzene rings is 2. The Labute approximate surface area is 104 Å². The van der Waals surface area contributed by atoms with Gasteiger partial charge in [-0.15, -0.1) is 19.4 Å². The topological polar surface area (TPSA) is 0 Å². The molecule has 0 saturated carbocycles. The van der Waals surface area contributed by atoms with Crippen LogP contribution in [-0.2, 0) is 6.42 Å². The summed E-state index contributed by atoms with van der Waals surface area (Å²) in [5.41, 5.74) is 3.84. The van der Waals surface area contributed by atoms with Crippen molar-refractivity contribution in [2.45, 2.75) is 6.42 Å². The molecule has 0 N–H and O–H groups in total. The fourth-order valence-corrected chi connectivity index (χ4v) is 1.63. The first kappa shape index (κ1) is 12.8. The second-order valence-electron chi connectivity index (χ2n) is 3.56. The van der Waals surface area contributed by atoms with Gasteiger partial charge in [-0.2, -0.15) is 0 Å². The van der Waals surface area contributed by atoms with Crippen LogP contribution in [0.4, 0.5) is 0 Å². The standard InChI is InChI=1S/C15H14.C2H2/c1-2-6-13-9-11-15(12-10-13)14-7-4-3-5-8-14;1-2/h2-5,7-12H,1,6H2;1-2H. The summed E-state index contributed by atoms with van der Waals surface area (Å²) in [5, 5.41) is 0. The van der Waals surface area contributed by atoms with Crippen LogP contribution in [0.15, 0.2) is 67.3 Å². The van der Waals surface area contributed by atoms with Gasteiger partial charge in [0.2, 0.25) is 0 Å². The molecule has 0 aliphatic rings. The smallest absolute Gasteiger partial charge is 0.0100 e. The molecule has 0 unspecified atom stereocenters. The van der Waals surface area contributed by atoms with Crippen LogP contribution in [0.1, 0.15) is 5.56 Å². The molecule has 0 nitrogen and oxygen atoms in total. The molecule has 0 aliphatic heterocycles. The van der Waals surface area contributed by atoms with E-state index in [9.17, 15) is 0 Å². The van der Waals surface area contributed by atoms with E-state index in [-0.39, 0.29) is 0 Å². The minimum atomic E-state index is 0.940. The Kier molecular flexibility index (Phi) is 5.34. The Morgan fingerprint density at radius 3 is 1.88 bits per heavy atom. The molecule has 17 heavy (non-hydrogen) atoms. The van der Waals surface area contributed by atoms with E-state index in [1.165, 1.54) is 16.7 Å².